The van der Waals surface area contributed by atoms with Gasteiger partial charge in [0.1, 0.15) is 0 Å². The topological polar surface area (TPSA) is 88.4 Å². The van der Waals surface area contributed by atoms with Crippen LogP contribution in [-0.2, 0) is 14.2 Å². The van der Waals surface area contributed by atoms with Crippen molar-refractivity contribution in [3.8, 4) is 0 Å². The van der Waals surface area contributed by atoms with E-state index < -0.39 is 5.97 Å². The van der Waals surface area contributed by atoms with Crippen LogP contribution in [0.25, 0.3) is 0 Å². The Morgan fingerprint density at radius 3 is 1.19 bits per heavy atom. The Morgan fingerprint density at radius 2 is 0.952 bits per heavy atom. The molecule has 0 spiro atoms. The standard InChI is InChI=1S/C15H32O6/c1-2-15(19-12-6-3-9-16,20-13-7-4-10-17)21-14-8-5-11-18/h16-18H,2-14H2,1H3. The largest absolute Gasteiger partial charge is 0.396 e. The summed E-state index contributed by atoms with van der Waals surface area (Å²) in [5.41, 5.74) is 0. The maximum Gasteiger partial charge on any atom is 0.282 e. The van der Waals surface area contributed by atoms with E-state index in [2.05, 4.69) is 0 Å². The third-order valence-electron chi connectivity index (χ3n) is 3.06. The normalized spacial score (nSPS) is 12.0. The van der Waals surface area contributed by atoms with Crippen LogP contribution in [0.4, 0.5) is 0 Å². The molecule has 0 unspecified atom stereocenters. The van der Waals surface area contributed by atoms with Gasteiger partial charge in [0.15, 0.2) is 0 Å². The van der Waals surface area contributed by atoms with Crippen LogP contribution in [0, 0.1) is 0 Å². The minimum absolute atomic E-state index is 0.150. The van der Waals surface area contributed by atoms with Gasteiger partial charge in [0.05, 0.1) is 19.8 Å². The van der Waals surface area contributed by atoms with Crippen molar-refractivity contribution in [2.45, 2.75) is 57.8 Å². The highest BCUT2D eigenvalue weighted by Gasteiger charge is 2.31. The number of unbranched alkanes of at least 4 members (excludes halogenated alkanes) is 3. The molecule has 0 bridgehead atoms. The first-order chi connectivity index (χ1) is 10.2. The first kappa shape index (κ1) is 20.8. The quantitative estimate of drug-likeness (QED) is 0.295. The fourth-order valence-electron chi connectivity index (χ4n) is 1.76. The molecule has 0 aromatic rings. The summed E-state index contributed by atoms with van der Waals surface area (Å²) in [6.07, 6.45) is 4.87. The van der Waals surface area contributed by atoms with Crippen molar-refractivity contribution in [3.63, 3.8) is 0 Å². The van der Waals surface area contributed by atoms with E-state index in [4.69, 9.17) is 29.5 Å². The second-order valence-corrected chi connectivity index (χ2v) is 4.87. The van der Waals surface area contributed by atoms with Crippen molar-refractivity contribution in [1.82, 2.24) is 0 Å². The summed E-state index contributed by atoms with van der Waals surface area (Å²) in [6, 6.07) is 0. The van der Waals surface area contributed by atoms with Gasteiger partial charge in [0.2, 0.25) is 0 Å². The van der Waals surface area contributed by atoms with Gasteiger partial charge in [-0.2, -0.15) is 0 Å². The van der Waals surface area contributed by atoms with E-state index in [1.165, 1.54) is 0 Å². The van der Waals surface area contributed by atoms with Gasteiger partial charge < -0.3 is 29.5 Å². The van der Waals surface area contributed by atoms with Gasteiger partial charge in [0, 0.05) is 26.2 Å². The molecule has 6 nitrogen and oxygen atoms in total. The lowest BCUT2D eigenvalue weighted by Gasteiger charge is -2.32. The zero-order valence-corrected chi connectivity index (χ0v) is 13.3. The minimum atomic E-state index is -1.06. The Kier molecular flexibility index (Phi) is 14.5. The zero-order valence-electron chi connectivity index (χ0n) is 13.3. The zero-order chi connectivity index (χ0) is 15.8. The van der Waals surface area contributed by atoms with Gasteiger partial charge >= 0.3 is 0 Å². The van der Waals surface area contributed by atoms with E-state index in [0.29, 0.717) is 45.5 Å². The average molecular weight is 308 g/mol. The molecule has 0 amide bonds. The van der Waals surface area contributed by atoms with Crippen molar-refractivity contribution in [2.75, 3.05) is 39.6 Å². The fourth-order valence-corrected chi connectivity index (χ4v) is 1.76. The Balaban J connectivity index is 4.22. The molecule has 0 rings (SSSR count). The molecule has 6 heteroatoms. The Hall–Kier alpha value is -0.240. The van der Waals surface area contributed by atoms with Gasteiger partial charge in [-0.15, -0.1) is 0 Å². The van der Waals surface area contributed by atoms with Crippen LogP contribution in [0.3, 0.4) is 0 Å². The average Bonchev–Trinajstić information content (AvgIpc) is 2.51. The predicted molar refractivity (Wildman–Crippen MR) is 79.8 cm³/mol. The predicted octanol–water partition coefficient (Wildman–Crippen LogP) is 1.42. The monoisotopic (exact) mass is 308 g/mol. The minimum Gasteiger partial charge on any atom is -0.396 e. The number of hydrogen-bond donors (Lipinski definition) is 3. The molecule has 0 heterocycles. The highest BCUT2D eigenvalue weighted by molar-refractivity contribution is 4.57. The molecule has 0 aliphatic heterocycles. The summed E-state index contributed by atoms with van der Waals surface area (Å²) in [5, 5.41) is 26.4. The van der Waals surface area contributed by atoms with Crippen molar-refractivity contribution >= 4 is 0 Å². The molecule has 0 aliphatic rings. The van der Waals surface area contributed by atoms with Crippen LogP contribution in [0.5, 0.6) is 0 Å². The summed E-state index contributed by atoms with van der Waals surface area (Å²) >= 11 is 0. The van der Waals surface area contributed by atoms with E-state index >= 15 is 0 Å². The molecule has 128 valence electrons. The van der Waals surface area contributed by atoms with E-state index in [-0.39, 0.29) is 19.8 Å². The number of ether oxygens (including phenoxy) is 3. The summed E-state index contributed by atoms with van der Waals surface area (Å²) in [6.45, 7) is 3.78. The molecule has 0 aromatic heterocycles. The molecule has 0 aliphatic carbocycles. The number of aliphatic hydroxyl groups is 3. The lowest BCUT2D eigenvalue weighted by atomic mass is 10.3. The van der Waals surface area contributed by atoms with Crippen molar-refractivity contribution in [3.05, 3.63) is 0 Å². The molecule has 0 aromatic carbocycles. The van der Waals surface area contributed by atoms with E-state index in [0.717, 1.165) is 19.3 Å². The van der Waals surface area contributed by atoms with Crippen LogP contribution >= 0.6 is 0 Å². The summed E-state index contributed by atoms with van der Waals surface area (Å²) in [7, 11) is 0. The Bertz CT molecular complexity index is 181. The lowest BCUT2D eigenvalue weighted by molar-refractivity contribution is -0.382. The van der Waals surface area contributed by atoms with Crippen molar-refractivity contribution in [2.24, 2.45) is 0 Å². The number of aliphatic hydroxyl groups excluding tert-OH is 3. The van der Waals surface area contributed by atoms with Crippen molar-refractivity contribution < 1.29 is 29.5 Å². The molecule has 21 heavy (non-hydrogen) atoms. The molecule has 0 saturated carbocycles. The van der Waals surface area contributed by atoms with Crippen LogP contribution in [0.1, 0.15) is 51.9 Å². The molecular formula is C15H32O6. The highest BCUT2D eigenvalue weighted by atomic mass is 16.9. The summed E-state index contributed by atoms with van der Waals surface area (Å²) in [5.74, 6) is -1.06. The van der Waals surface area contributed by atoms with Crippen LogP contribution < -0.4 is 0 Å². The Labute approximate surface area is 128 Å². The van der Waals surface area contributed by atoms with Gasteiger partial charge in [0.25, 0.3) is 5.97 Å². The fraction of sp³-hybridized carbons (Fsp3) is 1.00. The molecule has 3 N–H and O–H groups in total. The van der Waals surface area contributed by atoms with E-state index in [9.17, 15) is 0 Å². The van der Waals surface area contributed by atoms with Crippen LogP contribution in [-0.4, -0.2) is 60.9 Å². The SMILES string of the molecule is CCC(OCCCCO)(OCCCCO)OCCCCO. The highest BCUT2D eigenvalue weighted by Crippen LogP contribution is 2.22. The number of hydrogen-bond acceptors (Lipinski definition) is 6. The third kappa shape index (κ3) is 11.0. The smallest absolute Gasteiger partial charge is 0.282 e. The second-order valence-electron chi connectivity index (χ2n) is 4.87. The molecule has 0 radical (unpaired) electrons. The summed E-state index contributed by atoms with van der Waals surface area (Å²) < 4.78 is 17.3. The van der Waals surface area contributed by atoms with Gasteiger partial charge in [-0.3, -0.25) is 0 Å². The maximum absolute atomic E-state index is 8.79. The summed E-state index contributed by atoms with van der Waals surface area (Å²) in [4.78, 5) is 0. The second kappa shape index (κ2) is 14.7. The Morgan fingerprint density at radius 1 is 0.619 bits per heavy atom. The van der Waals surface area contributed by atoms with Crippen LogP contribution in [0.2, 0.25) is 0 Å². The van der Waals surface area contributed by atoms with E-state index in [1.807, 2.05) is 6.92 Å². The van der Waals surface area contributed by atoms with Crippen molar-refractivity contribution in [1.29, 1.82) is 0 Å². The molecule has 0 fully saturated rings. The lowest BCUT2D eigenvalue weighted by Crippen LogP contribution is -2.39. The third-order valence-corrected chi connectivity index (χ3v) is 3.06. The maximum atomic E-state index is 8.79. The first-order valence-corrected chi connectivity index (χ1v) is 7.99. The van der Waals surface area contributed by atoms with Crippen LogP contribution in [0.15, 0.2) is 0 Å². The van der Waals surface area contributed by atoms with E-state index in [1.54, 1.807) is 0 Å². The molecule has 0 atom stereocenters. The van der Waals surface area contributed by atoms with Gasteiger partial charge in [-0.1, -0.05) is 6.92 Å². The number of rotatable bonds is 16. The molecular weight excluding hydrogens is 276 g/mol. The molecule has 0 saturated heterocycles. The first-order valence-electron chi connectivity index (χ1n) is 7.99. The van der Waals surface area contributed by atoms with Gasteiger partial charge in [-0.05, 0) is 38.5 Å². The van der Waals surface area contributed by atoms with Gasteiger partial charge in [-0.25, -0.2) is 0 Å².